The second-order valence-corrected chi connectivity index (χ2v) is 8.83. The van der Waals surface area contributed by atoms with Crippen molar-refractivity contribution in [3.63, 3.8) is 0 Å². The van der Waals surface area contributed by atoms with Crippen molar-refractivity contribution in [3.8, 4) is 0 Å². The monoisotopic (exact) mass is 388 g/mol. The SMILES string of the molecule is Cc1ccc(NS(=O)(=O)c2ccc(CCC(=O)NCCC(C)C)cc2)cc1. The summed E-state index contributed by atoms with van der Waals surface area (Å²) >= 11 is 0. The molecular formula is C21H28N2O3S. The van der Waals surface area contributed by atoms with E-state index in [9.17, 15) is 13.2 Å². The number of hydrogen-bond acceptors (Lipinski definition) is 3. The number of rotatable bonds is 9. The summed E-state index contributed by atoms with van der Waals surface area (Å²) in [5.74, 6) is 0.585. The van der Waals surface area contributed by atoms with Crippen LogP contribution in [0.1, 0.15) is 37.8 Å². The minimum Gasteiger partial charge on any atom is -0.356 e. The maximum Gasteiger partial charge on any atom is 0.261 e. The minimum absolute atomic E-state index is 0.0217. The number of carbonyl (C=O) groups excluding carboxylic acids is 1. The number of amides is 1. The van der Waals surface area contributed by atoms with Crippen LogP contribution in [0.5, 0.6) is 0 Å². The zero-order chi connectivity index (χ0) is 19.9. The maximum atomic E-state index is 12.5. The first-order valence-electron chi connectivity index (χ1n) is 9.21. The molecule has 5 nitrogen and oxygen atoms in total. The third-order valence-electron chi connectivity index (χ3n) is 4.22. The topological polar surface area (TPSA) is 75.3 Å². The van der Waals surface area contributed by atoms with Crippen molar-refractivity contribution < 1.29 is 13.2 Å². The Kier molecular flexibility index (Phi) is 7.42. The molecule has 6 heteroatoms. The molecule has 0 spiro atoms. The van der Waals surface area contributed by atoms with E-state index in [-0.39, 0.29) is 10.8 Å². The van der Waals surface area contributed by atoms with Crippen molar-refractivity contribution in [1.29, 1.82) is 0 Å². The van der Waals surface area contributed by atoms with Crippen LogP contribution >= 0.6 is 0 Å². The molecule has 0 heterocycles. The fourth-order valence-electron chi connectivity index (χ4n) is 2.52. The molecule has 0 saturated heterocycles. The van der Waals surface area contributed by atoms with E-state index in [0.717, 1.165) is 17.5 Å². The third-order valence-corrected chi connectivity index (χ3v) is 5.62. The van der Waals surface area contributed by atoms with Gasteiger partial charge in [-0.15, -0.1) is 0 Å². The van der Waals surface area contributed by atoms with Crippen LogP contribution in [-0.2, 0) is 21.2 Å². The molecular weight excluding hydrogens is 360 g/mol. The summed E-state index contributed by atoms with van der Waals surface area (Å²) in [4.78, 5) is 12.0. The van der Waals surface area contributed by atoms with Gasteiger partial charge in [0, 0.05) is 18.7 Å². The fourth-order valence-corrected chi connectivity index (χ4v) is 3.58. The van der Waals surface area contributed by atoms with E-state index in [2.05, 4.69) is 23.9 Å². The van der Waals surface area contributed by atoms with Crippen molar-refractivity contribution in [2.24, 2.45) is 5.92 Å². The Bertz CT molecular complexity index is 842. The van der Waals surface area contributed by atoms with Gasteiger partial charge in [0.25, 0.3) is 10.0 Å². The predicted molar refractivity (Wildman–Crippen MR) is 109 cm³/mol. The van der Waals surface area contributed by atoms with Gasteiger partial charge in [0.1, 0.15) is 0 Å². The molecule has 0 saturated carbocycles. The van der Waals surface area contributed by atoms with Gasteiger partial charge < -0.3 is 5.32 Å². The van der Waals surface area contributed by atoms with Crippen LogP contribution in [0.4, 0.5) is 5.69 Å². The van der Waals surface area contributed by atoms with E-state index in [1.165, 1.54) is 0 Å². The van der Waals surface area contributed by atoms with Crippen molar-refractivity contribution >= 4 is 21.6 Å². The molecule has 2 aromatic rings. The molecule has 0 aliphatic carbocycles. The molecule has 2 aromatic carbocycles. The number of anilines is 1. The molecule has 0 atom stereocenters. The van der Waals surface area contributed by atoms with Crippen LogP contribution < -0.4 is 10.0 Å². The third kappa shape index (κ3) is 7.06. The number of benzene rings is 2. The molecule has 2 N–H and O–H groups in total. The van der Waals surface area contributed by atoms with Gasteiger partial charge in [-0.25, -0.2) is 8.42 Å². The normalized spacial score (nSPS) is 11.4. The van der Waals surface area contributed by atoms with E-state index in [4.69, 9.17) is 0 Å². The number of carbonyl (C=O) groups is 1. The molecule has 2 rings (SSSR count). The summed E-state index contributed by atoms with van der Waals surface area (Å²) in [5, 5.41) is 2.91. The summed E-state index contributed by atoms with van der Waals surface area (Å²) < 4.78 is 27.5. The van der Waals surface area contributed by atoms with Gasteiger partial charge in [-0.1, -0.05) is 43.7 Å². The predicted octanol–water partition coefficient (Wildman–Crippen LogP) is 3.89. The summed E-state index contributed by atoms with van der Waals surface area (Å²) in [5.41, 5.74) is 2.53. The summed E-state index contributed by atoms with van der Waals surface area (Å²) in [6.07, 6.45) is 1.94. The van der Waals surface area contributed by atoms with Crippen LogP contribution in [0.15, 0.2) is 53.4 Å². The Morgan fingerprint density at radius 3 is 2.22 bits per heavy atom. The molecule has 1 amide bonds. The molecule has 0 unspecified atom stereocenters. The van der Waals surface area contributed by atoms with Crippen LogP contribution in [-0.4, -0.2) is 20.9 Å². The molecule has 27 heavy (non-hydrogen) atoms. The molecule has 0 aliphatic rings. The van der Waals surface area contributed by atoms with E-state index in [1.807, 2.05) is 19.1 Å². The number of sulfonamides is 1. The highest BCUT2D eigenvalue weighted by molar-refractivity contribution is 7.92. The summed E-state index contributed by atoms with van der Waals surface area (Å²) in [6.45, 7) is 6.88. The Morgan fingerprint density at radius 1 is 1.00 bits per heavy atom. The molecule has 0 bridgehead atoms. The first-order valence-corrected chi connectivity index (χ1v) is 10.7. The lowest BCUT2D eigenvalue weighted by Gasteiger charge is -2.10. The van der Waals surface area contributed by atoms with E-state index in [0.29, 0.717) is 31.0 Å². The van der Waals surface area contributed by atoms with Gasteiger partial charge in [-0.3, -0.25) is 9.52 Å². The highest BCUT2D eigenvalue weighted by Crippen LogP contribution is 2.17. The summed E-state index contributed by atoms with van der Waals surface area (Å²) in [6, 6.07) is 13.8. The Balaban J connectivity index is 1.90. The minimum atomic E-state index is -3.62. The highest BCUT2D eigenvalue weighted by Gasteiger charge is 2.14. The number of nitrogens with one attached hydrogen (secondary N) is 2. The van der Waals surface area contributed by atoms with Gasteiger partial charge in [0.2, 0.25) is 5.91 Å². The first kappa shape index (κ1) is 21.0. The molecule has 0 aromatic heterocycles. The molecule has 0 aliphatic heterocycles. The largest absolute Gasteiger partial charge is 0.356 e. The van der Waals surface area contributed by atoms with Crippen LogP contribution in [0.3, 0.4) is 0 Å². The zero-order valence-corrected chi connectivity index (χ0v) is 17.0. The standard InChI is InChI=1S/C21H28N2O3S/c1-16(2)14-15-22-21(24)13-8-18-6-11-20(12-7-18)27(25,26)23-19-9-4-17(3)5-10-19/h4-7,9-12,16,23H,8,13-15H2,1-3H3,(H,22,24). The fraction of sp³-hybridized carbons (Fsp3) is 0.381. The average molecular weight is 389 g/mol. The van der Waals surface area contributed by atoms with Gasteiger partial charge in [0.05, 0.1) is 4.90 Å². The van der Waals surface area contributed by atoms with Crippen molar-refractivity contribution in [2.45, 2.75) is 44.9 Å². The zero-order valence-electron chi connectivity index (χ0n) is 16.2. The Hall–Kier alpha value is -2.34. The van der Waals surface area contributed by atoms with E-state index >= 15 is 0 Å². The second kappa shape index (κ2) is 9.55. The lowest BCUT2D eigenvalue weighted by Crippen LogP contribution is -2.25. The van der Waals surface area contributed by atoms with Crippen molar-refractivity contribution in [1.82, 2.24) is 5.32 Å². The van der Waals surface area contributed by atoms with Gasteiger partial charge in [0.15, 0.2) is 0 Å². The second-order valence-electron chi connectivity index (χ2n) is 7.15. The quantitative estimate of drug-likeness (QED) is 0.684. The van der Waals surface area contributed by atoms with Crippen molar-refractivity contribution in [2.75, 3.05) is 11.3 Å². The van der Waals surface area contributed by atoms with E-state index < -0.39 is 10.0 Å². The van der Waals surface area contributed by atoms with Gasteiger partial charge in [-0.2, -0.15) is 0 Å². The first-order chi connectivity index (χ1) is 12.8. The molecule has 0 fully saturated rings. The Labute approximate surface area is 162 Å². The molecule has 0 radical (unpaired) electrons. The van der Waals surface area contributed by atoms with Crippen molar-refractivity contribution in [3.05, 3.63) is 59.7 Å². The summed E-state index contributed by atoms with van der Waals surface area (Å²) in [7, 11) is -3.62. The smallest absolute Gasteiger partial charge is 0.261 e. The Morgan fingerprint density at radius 2 is 1.63 bits per heavy atom. The number of aryl methyl sites for hydroxylation is 2. The van der Waals surface area contributed by atoms with Gasteiger partial charge >= 0.3 is 0 Å². The van der Waals surface area contributed by atoms with E-state index in [1.54, 1.807) is 36.4 Å². The van der Waals surface area contributed by atoms with Crippen LogP contribution in [0.2, 0.25) is 0 Å². The van der Waals surface area contributed by atoms with Crippen LogP contribution in [0, 0.1) is 12.8 Å². The number of hydrogen-bond donors (Lipinski definition) is 2. The lowest BCUT2D eigenvalue weighted by atomic mass is 10.1. The maximum absolute atomic E-state index is 12.5. The molecule has 146 valence electrons. The van der Waals surface area contributed by atoms with Crippen LogP contribution in [0.25, 0.3) is 0 Å². The lowest BCUT2D eigenvalue weighted by molar-refractivity contribution is -0.121. The van der Waals surface area contributed by atoms with Gasteiger partial charge in [-0.05, 0) is 55.5 Å². The highest BCUT2D eigenvalue weighted by atomic mass is 32.2. The average Bonchev–Trinajstić information content (AvgIpc) is 2.62.